The van der Waals surface area contributed by atoms with E-state index in [1.165, 1.54) is 0 Å². The fourth-order valence-electron chi connectivity index (χ4n) is 1.69. The summed E-state index contributed by atoms with van der Waals surface area (Å²) in [7, 11) is 0. The molecule has 3 saturated heterocycles. The highest BCUT2D eigenvalue weighted by Gasteiger charge is 2.41. The minimum absolute atomic E-state index is 0.266. The van der Waals surface area contributed by atoms with Crippen LogP contribution in [-0.4, -0.2) is 38.9 Å². The fraction of sp³-hybridized carbons (Fsp3) is 0.727. The molecule has 3 rings (SSSR count). The van der Waals surface area contributed by atoms with Gasteiger partial charge in [0.05, 0.1) is 25.2 Å². The second kappa shape index (κ2) is 4.53. The average Bonchev–Trinajstić information content (AvgIpc) is 2.59. The predicted octanol–water partition coefficient (Wildman–Crippen LogP) is 0.843. The van der Waals surface area contributed by atoms with Gasteiger partial charge in [0.15, 0.2) is 0 Å². The lowest BCUT2D eigenvalue weighted by Gasteiger charge is -2.34. The molecule has 3 fully saturated rings. The van der Waals surface area contributed by atoms with Crippen LogP contribution in [0.3, 0.4) is 0 Å². The van der Waals surface area contributed by atoms with E-state index < -0.39 is 6.48 Å². The average molecular weight is 228 g/mol. The maximum absolute atomic E-state index is 11.3. The molecule has 2 bridgehead atoms. The van der Waals surface area contributed by atoms with Crippen LogP contribution in [-0.2, 0) is 23.7 Å². The van der Waals surface area contributed by atoms with Crippen LogP contribution in [0.25, 0.3) is 0 Å². The Balaban J connectivity index is 1.92. The van der Waals surface area contributed by atoms with E-state index in [-0.39, 0.29) is 18.0 Å². The Labute approximate surface area is 94.3 Å². The van der Waals surface area contributed by atoms with Crippen LogP contribution in [0.15, 0.2) is 12.2 Å². The van der Waals surface area contributed by atoms with E-state index in [4.69, 9.17) is 18.9 Å². The number of esters is 1. The molecule has 0 spiro atoms. The summed E-state index contributed by atoms with van der Waals surface area (Å²) in [5.74, 6) is -0.373. The second-order valence-electron chi connectivity index (χ2n) is 4.39. The Morgan fingerprint density at radius 3 is 2.75 bits per heavy atom. The number of carbonyl (C=O) groups is 1. The van der Waals surface area contributed by atoms with Gasteiger partial charge in [-0.15, -0.1) is 0 Å². The van der Waals surface area contributed by atoms with Gasteiger partial charge < -0.3 is 18.9 Å². The summed E-state index contributed by atoms with van der Waals surface area (Å²) in [6.45, 7) is 6.46. The van der Waals surface area contributed by atoms with Crippen molar-refractivity contribution in [3.05, 3.63) is 12.2 Å². The van der Waals surface area contributed by atoms with Gasteiger partial charge in [0, 0.05) is 5.57 Å². The molecule has 0 aliphatic carbocycles. The predicted molar refractivity (Wildman–Crippen MR) is 54.5 cm³/mol. The number of hydrogen-bond donors (Lipinski definition) is 0. The number of hydrogen-bond acceptors (Lipinski definition) is 5. The van der Waals surface area contributed by atoms with Crippen LogP contribution in [0.1, 0.15) is 13.3 Å². The Hall–Kier alpha value is -0.910. The van der Waals surface area contributed by atoms with Crippen LogP contribution in [0.4, 0.5) is 0 Å². The molecule has 0 N–H and O–H groups in total. The molecular formula is C11H16O5. The maximum atomic E-state index is 11.3. The highest BCUT2D eigenvalue weighted by Crippen LogP contribution is 2.33. The van der Waals surface area contributed by atoms with Gasteiger partial charge in [-0.1, -0.05) is 6.58 Å². The zero-order valence-corrected chi connectivity index (χ0v) is 9.36. The van der Waals surface area contributed by atoms with Gasteiger partial charge in [0.1, 0.15) is 6.61 Å². The van der Waals surface area contributed by atoms with E-state index in [9.17, 15) is 4.79 Å². The SMILES string of the molecule is C=C(C)C(=O)OCC12CCOC(OC1)OC2. The molecule has 0 aromatic carbocycles. The molecule has 3 heterocycles. The van der Waals surface area contributed by atoms with Gasteiger partial charge in [-0.25, -0.2) is 4.79 Å². The first-order chi connectivity index (χ1) is 7.61. The van der Waals surface area contributed by atoms with Crippen molar-refractivity contribution in [1.82, 2.24) is 0 Å². The summed E-state index contributed by atoms with van der Waals surface area (Å²) in [5.41, 5.74) is 0.134. The summed E-state index contributed by atoms with van der Waals surface area (Å²) < 4.78 is 21.1. The summed E-state index contributed by atoms with van der Waals surface area (Å²) in [4.78, 5) is 11.3. The summed E-state index contributed by atoms with van der Waals surface area (Å²) in [5, 5.41) is 0. The Morgan fingerprint density at radius 2 is 2.12 bits per heavy atom. The van der Waals surface area contributed by atoms with Crippen molar-refractivity contribution in [1.29, 1.82) is 0 Å². The minimum Gasteiger partial charge on any atom is -0.462 e. The summed E-state index contributed by atoms with van der Waals surface area (Å²) >= 11 is 0. The third-order valence-electron chi connectivity index (χ3n) is 2.80. The van der Waals surface area contributed by atoms with Gasteiger partial charge in [0.2, 0.25) is 0 Å². The summed E-state index contributed by atoms with van der Waals surface area (Å²) in [6.07, 6.45) is 0.771. The topological polar surface area (TPSA) is 54.0 Å². The molecule has 0 atom stereocenters. The van der Waals surface area contributed by atoms with Crippen molar-refractivity contribution in [3.8, 4) is 0 Å². The lowest BCUT2D eigenvalue weighted by molar-refractivity contribution is -0.316. The standard InChI is InChI=1S/C11H16O5/c1-8(2)9(12)14-5-11-3-4-13-10(15-6-11)16-7-11/h10H,1,3-7H2,2H3. The Bertz CT molecular complexity index is 285. The lowest BCUT2D eigenvalue weighted by atomic mass is 9.87. The molecule has 90 valence electrons. The number of rotatable bonds is 3. The van der Waals surface area contributed by atoms with E-state index >= 15 is 0 Å². The number of carbonyl (C=O) groups excluding carboxylic acids is 1. The van der Waals surface area contributed by atoms with E-state index in [1.54, 1.807) is 6.92 Å². The molecule has 0 aromatic heterocycles. The second-order valence-corrected chi connectivity index (χ2v) is 4.39. The van der Waals surface area contributed by atoms with Crippen LogP contribution in [0, 0.1) is 5.41 Å². The van der Waals surface area contributed by atoms with Crippen molar-refractivity contribution in [2.24, 2.45) is 5.41 Å². The van der Waals surface area contributed by atoms with E-state index in [0.29, 0.717) is 25.4 Å². The first-order valence-electron chi connectivity index (χ1n) is 5.29. The molecule has 0 aromatic rings. The summed E-state index contributed by atoms with van der Waals surface area (Å²) in [6, 6.07) is 0. The zero-order valence-electron chi connectivity index (χ0n) is 9.36. The van der Waals surface area contributed by atoms with Crippen LogP contribution in [0.2, 0.25) is 0 Å². The minimum atomic E-state index is -0.549. The van der Waals surface area contributed by atoms with E-state index in [0.717, 1.165) is 6.42 Å². The van der Waals surface area contributed by atoms with Crippen LogP contribution in [0.5, 0.6) is 0 Å². The number of ether oxygens (including phenoxy) is 4. The molecule has 3 aliphatic rings. The van der Waals surface area contributed by atoms with Gasteiger partial charge in [-0.05, 0) is 13.3 Å². The van der Waals surface area contributed by atoms with Gasteiger partial charge >= 0.3 is 5.97 Å². The molecule has 0 radical (unpaired) electrons. The fourth-order valence-corrected chi connectivity index (χ4v) is 1.69. The molecule has 16 heavy (non-hydrogen) atoms. The van der Waals surface area contributed by atoms with Crippen LogP contribution >= 0.6 is 0 Å². The van der Waals surface area contributed by atoms with Gasteiger partial charge in [-0.2, -0.15) is 0 Å². The van der Waals surface area contributed by atoms with Gasteiger partial charge in [0.25, 0.3) is 6.48 Å². The van der Waals surface area contributed by atoms with Gasteiger partial charge in [-0.3, -0.25) is 0 Å². The largest absolute Gasteiger partial charge is 0.462 e. The third kappa shape index (κ3) is 2.42. The quantitative estimate of drug-likeness (QED) is 0.529. The van der Waals surface area contributed by atoms with E-state index in [1.807, 2.05) is 0 Å². The van der Waals surface area contributed by atoms with Crippen molar-refractivity contribution in [2.45, 2.75) is 19.8 Å². The molecule has 0 unspecified atom stereocenters. The maximum Gasteiger partial charge on any atom is 0.333 e. The Kier molecular flexibility index (Phi) is 3.28. The van der Waals surface area contributed by atoms with Crippen molar-refractivity contribution in [2.75, 3.05) is 26.4 Å². The Morgan fingerprint density at radius 1 is 1.44 bits per heavy atom. The highest BCUT2D eigenvalue weighted by molar-refractivity contribution is 5.86. The van der Waals surface area contributed by atoms with Crippen molar-refractivity contribution >= 4 is 5.97 Å². The van der Waals surface area contributed by atoms with Crippen molar-refractivity contribution in [3.63, 3.8) is 0 Å². The highest BCUT2D eigenvalue weighted by atomic mass is 16.9. The third-order valence-corrected chi connectivity index (χ3v) is 2.80. The number of fused-ring (bicyclic) bond motifs is 4. The normalized spacial score (nSPS) is 33.2. The molecule has 0 saturated carbocycles. The smallest absolute Gasteiger partial charge is 0.333 e. The first kappa shape index (κ1) is 11.6. The molecule has 5 heteroatoms. The van der Waals surface area contributed by atoms with Crippen molar-refractivity contribution < 1.29 is 23.7 Å². The van der Waals surface area contributed by atoms with E-state index in [2.05, 4.69) is 6.58 Å². The molecule has 0 amide bonds. The molecule has 5 nitrogen and oxygen atoms in total. The van der Waals surface area contributed by atoms with Crippen LogP contribution < -0.4 is 0 Å². The first-order valence-corrected chi connectivity index (χ1v) is 5.29. The lowest BCUT2D eigenvalue weighted by Crippen LogP contribution is -2.43. The monoisotopic (exact) mass is 228 g/mol. The zero-order chi connectivity index (χ0) is 11.6. The molecular weight excluding hydrogens is 212 g/mol. The molecule has 3 aliphatic heterocycles.